The molecule has 1 aliphatic heterocycles. The number of likely N-dealkylation sites (tertiary alicyclic amines) is 1. The summed E-state index contributed by atoms with van der Waals surface area (Å²) in [7, 11) is 0. The van der Waals surface area contributed by atoms with Gasteiger partial charge >= 0.3 is 0 Å². The second kappa shape index (κ2) is 5.70. The Kier molecular flexibility index (Phi) is 4.23. The summed E-state index contributed by atoms with van der Waals surface area (Å²) < 4.78 is 0. The summed E-state index contributed by atoms with van der Waals surface area (Å²) in [6.07, 6.45) is 3.38. The molecule has 1 aliphatic rings. The molecule has 0 radical (unpaired) electrons. The fraction of sp³-hybridized carbons (Fsp3) is 0.571. The Balaban J connectivity index is 2.14. The van der Waals surface area contributed by atoms with Gasteiger partial charge in [-0.1, -0.05) is 18.5 Å². The van der Waals surface area contributed by atoms with Crippen LogP contribution >= 0.6 is 11.6 Å². The second-order valence-electron chi connectivity index (χ2n) is 5.15. The number of aromatic nitrogens is 1. The highest BCUT2D eigenvalue weighted by molar-refractivity contribution is 6.29. The molecule has 2 rings (SSSR count). The van der Waals surface area contributed by atoms with Crippen LogP contribution in [0.3, 0.4) is 0 Å². The molecule has 0 N–H and O–H groups in total. The van der Waals surface area contributed by atoms with E-state index in [0.717, 1.165) is 31.6 Å². The Morgan fingerprint density at radius 3 is 2.89 bits per heavy atom. The average Bonchev–Trinajstić information content (AvgIpc) is 2.52. The Labute approximate surface area is 113 Å². The molecule has 0 spiro atoms. The van der Waals surface area contributed by atoms with Gasteiger partial charge in [0.05, 0.1) is 0 Å². The third-order valence-corrected chi connectivity index (χ3v) is 3.67. The van der Waals surface area contributed by atoms with Crippen LogP contribution in [0.1, 0.15) is 42.2 Å². The second-order valence-corrected chi connectivity index (χ2v) is 5.54. The van der Waals surface area contributed by atoms with Gasteiger partial charge in [0, 0.05) is 24.3 Å². The molecular weight excluding hydrogens is 248 g/mol. The largest absolute Gasteiger partial charge is 0.339 e. The summed E-state index contributed by atoms with van der Waals surface area (Å²) in [6.45, 7) is 5.80. The zero-order valence-electron chi connectivity index (χ0n) is 10.9. The molecule has 98 valence electrons. The van der Waals surface area contributed by atoms with E-state index >= 15 is 0 Å². The van der Waals surface area contributed by atoms with Gasteiger partial charge < -0.3 is 4.90 Å². The lowest BCUT2D eigenvalue weighted by atomic mass is 10.0. The topological polar surface area (TPSA) is 33.2 Å². The average molecular weight is 267 g/mol. The number of hydrogen-bond donors (Lipinski definition) is 0. The lowest BCUT2D eigenvalue weighted by Gasteiger charge is -2.20. The highest BCUT2D eigenvalue weighted by Gasteiger charge is 2.20. The van der Waals surface area contributed by atoms with Crippen molar-refractivity contribution < 1.29 is 4.79 Å². The number of halogens is 1. The van der Waals surface area contributed by atoms with E-state index in [-0.39, 0.29) is 5.91 Å². The highest BCUT2D eigenvalue weighted by atomic mass is 35.5. The molecule has 1 amide bonds. The van der Waals surface area contributed by atoms with Crippen LogP contribution < -0.4 is 0 Å². The normalized spacial score (nSPS) is 20.6. The summed E-state index contributed by atoms with van der Waals surface area (Å²) in [5.74, 6) is 0.794. The zero-order valence-corrected chi connectivity index (χ0v) is 11.7. The van der Waals surface area contributed by atoms with Gasteiger partial charge in [-0.2, -0.15) is 0 Å². The van der Waals surface area contributed by atoms with Crippen LogP contribution in [0.4, 0.5) is 0 Å². The first-order valence-electron chi connectivity index (χ1n) is 6.49. The zero-order chi connectivity index (χ0) is 13.1. The quantitative estimate of drug-likeness (QED) is 0.731. The van der Waals surface area contributed by atoms with Crippen LogP contribution in [-0.2, 0) is 0 Å². The first-order chi connectivity index (χ1) is 8.56. The van der Waals surface area contributed by atoms with Crippen LogP contribution in [0.15, 0.2) is 12.1 Å². The number of carbonyl (C=O) groups is 1. The first kappa shape index (κ1) is 13.3. The van der Waals surface area contributed by atoms with E-state index < -0.39 is 0 Å². The van der Waals surface area contributed by atoms with Gasteiger partial charge in [-0.25, -0.2) is 4.98 Å². The van der Waals surface area contributed by atoms with Crippen LogP contribution in [0.5, 0.6) is 0 Å². The highest BCUT2D eigenvalue weighted by Crippen LogP contribution is 2.19. The number of hydrogen-bond acceptors (Lipinski definition) is 2. The number of carbonyl (C=O) groups excluding carboxylic acids is 1. The standard InChI is InChI=1S/C14H19ClN2O/c1-10-4-3-6-17(7-5-10)14(18)12-8-11(2)16-13(15)9-12/h8-10H,3-7H2,1-2H3. The smallest absolute Gasteiger partial charge is 0.254 e. The molecule has 0 aliphatic carbocycles. The molecule has 1 atom stereocenters. The third-order valence-electron chi connectivity index (χ3n) is 3.47. The van der Waals surface area contributed by atoms with E-state index in [4.69, 9.17) is 11.6 Å². The predicted octanol–water partition coefficient (Wildman–Crippen LogP) is 3.31. The maximum absolute atomic E-state index is 12.4. The molecule has 18 heavy (non-hydrogen) atoms. The number of rotatable bonds is 1. The van der Waals surface area contributed by atoms with Crippen molar-refractivity contribution in [1.82, 2.24) is 9.88 Å². The Morgan fingerprint density at radius 2 is 2.17 bits per heavy atom. The van der Waals surface area contributed by atoms with Gasteiger partial charge in [-0.3, -0.25) is 4.79 Å². The van der Waals surface area contributed by atoms with E-state index in [1.807, 2.05) is 17.9 Å². The molecule has 1 aromatic rings. The molecule has 3 nitrogen and oxygen atoms in total. The SMILES string of the molecule is Cc1cc(C(=O)N2CCCC(C)CC2)cc(Cl)n1. The van der Waals surface area contributed by atoms with Crippen molar-refractivity contribution in [2.75, 3.05) is 13.1 Å². The summed E-state index contributed by atoms with van der Waals surface area (Å²) in [6, 6.07) is 3.47. The van der Waals surface area contributed by atoms with Crippen molar-refractivity contribution in [3.8, 4) is 0 Å². The van der Waals surface area contributed by atoms with Gasteiger partial charge in [0.1, 0.15) is 5.15 Å². The van der Waals surface area contributed by atoms with E-state index in [2.05, 4.69) is 11.9 Å². The number of amides is 1. The maximum Gasteiger partial charge on any atom is 0.254 e. The van der Waals surface area contributed by atoms with Gasteiger partial charge in [-0.15, -0.1) is 0 Å². The van der Waals surface area contributed by atoms with Crippen LogP contribution in [0.25, 0.3) is 0 Å². The minimum absolute atomic E-state index is 0.0801. The molecular formula is C14H19ClN2O. The van der Waals surface area contributed by atoms with Crippen molar-refractivity contribution in [3.05, 3.63) is 28.5 Å². The fourth-order valence-electron chi connectivity index (χ4n) is 2.40. The maximum atomic E-state index is 12.4. The molecule has 0 aromatic carbocycles. The third kappa shape index (κ3) is 3.22. The van der Waals surface area contributed by atoms with Crippen LogP contribution in [0.2, 0.25) is 5.15 Å². The minimum Gasteiger partial charge on any atom is -0.339 e. The van der Waals surface area contributed by atoms with E-state index in [9.17, 15) is 4.79 Å². The molecule has 2 heterocycles. The Morgan fingerprint density at radius 1 is 1.39 bits per heavy atom. The number of pyridine rings is 1. The number of nitrogens with zero attached hydrogens (tertiary/aromatic N) is 2. The van der Waals surface area contributed by atoms with Gasteiger partial charge in [0.15, 0.2) is 0 Å². The lowest BCUT2D eigenvalue weighted by Crippen LogP contribution is -2.32. The van der Waals surface area contributed by atoms with Gasteiger partial charge in [0.25, 0.3) is 5.91 Å². The minimum atomic E-state index is 0.0801. The van der Waals surface area contributed by atoms with E-state index in [1.165, 1.54) is 6.42 Å². The molecule has 1 aromatic heterocycles. The molecule has 1 fully saturated rings. The molecule has 1 unspecified atom stereocenters. The fourth-order valence-corrected chi connectivity index (χ4v) is 2.65. The van der Waals surface area contributed by atoms with E-state index in [1.54, 1.807) is 6.07 Å². The summed E-state index contributed by atoms with van der Waals surface area (Å²) in [5, 5.41) is 0.390. The van der Waals surface area contributed by atoms with Crippen molar-refractivity contribution in [2.24, 2.45) is 5.92 Å². The van der Waals surface area contributed by atoms with E-state index in [0.29, 0.717) is 16.6 Å². The first-order valence-corrected chi connectivity index (χ1v) is 6.87. The monoisotopic (exact) mass is 266 g/mol. The van der Waals surface area contributed by atoms with Crippen molar-refractivity contribution in [2.45, 2.75) is 33.1 Å². The lowest BCUT2D eigenvalue weighted by molar-refractivity contribution is 0.0760. The summed E-state index contributed by atoms with van der Waals surface area (Å²) in [4.78, 5) is 18.4. The van der Waals surface area contributed by atoms with Crippen molar-refractivity contribution in [1.29, 1.82) is 0 Å². The summed E-state index contributed by atoms with van der Waals surface area (Å²) in [5.41, 5.74) is 1.44. The molecule has 0 saturated carbocycles. The van der Waals surface area contributed by atoms with Crippen LogP contribution in [-0.4, -0.2) is 28.9 Å². The van der Waals surface area contributed by atoms with Crippen LogP contribution in [0, 0.1) is 12.8 Å². The molecule has 0 bridgehead atoms. The predicted molar refractivity (Wildman–Crippen MR) is 72.9 cm³/mol. The summed E-state index contributed by atoms with van der Waals surface area (Å²) >= 11 is 5.91. The van der Waals surface area contributed by atoms with Gasteiger partial charge in [-0.05, 0) is 44.2 Å². The molecule has 1 saturated heterocycles. The van der Waals surface area contributed by atoms with Crippen molar-refractivity contribution >= 4 is 17.5 Å². The Hall–Kier alpha value is -1.09. The van der Waals surface area contributed by atoms with Gasteiger partial charge in [0.2, 0.25) is 0 Å². The molecule has 4 heteroatoms. The number of aryl methyl sites for hydroxylation is 1. The van der Waals surface area contributed by atoms with Crippen molar-refractivity contribution in [3.63, 3.8) is 0 Å². The Bertz CT molecular complexity index is 427.